The molecule has 20 heavy (non-hydrogen) atoms. The van der Waals surface area contributed by atoms with Gasteiger partial charge in [0.2, 0.25) is 0 Å². The van der Waals surface area contributed by atoms with Gasteiger partial charge in [-0.25, -0.2) is 4.79 Å². The number of hydrogen-bond donors (Lipinski definition) is 1. The van der Waals surface area contributed by atoms with Gasteiger partial charge < -0.3 is 14.9 Å². The lowest BCUT2D eigenvalue weighted by molar-refractivity contribution is -0.141. The molecule has 1 unspecified atom stereocenters. The predicted molar refractivity (Wildman–Crippen MR) is 80.6 cm³/mol. The van der Waals surface area contributed by atoms with Gasteiger partial charge in [-0.1, -0.05) is 6.07 Å². The van der Waals surface area contributed by atoms with Crippen LogP contribution in [0.25, 0.3) is 0 Å². The predicted octanol–water partition coefficient (Wildman–Crippen LogP) is 1.39. The van der Waals surface area contributed by atoms with Crippen LogP contribution in [0.15, 0.2) is 24.3 Å². The number of aliphatic carboxylic acids is 1. The number of hydrogen-bond acceptors (Lipinski definition) is 4. The summed E-state index contributed by atoms with van der Waals surface area (Å²) < 4.78 is 0. The third kappa shape index (κ3) is 3.07. The summed E-state index contributed by atoms with van der Waals surface area (Å²) in [6.45, 7) is 0.479. The third-order valence-electron chi connectivity index (χ3n) is 3.28. The van der Waals surface area contributed by atoms with Crippen LogP contribution in [0.4, 0.5) is 5.69 Å². The molecule has 1 aliphatic rings. The van der Waals surface area contributed by atoms with Gasteiger partial charge in [-0.3, -0.25) is 4.79 Å². The van der Waals surface area contributed by atoms with Gasteiger partial charge in [0.1, 0.15) is 6.04 Å². The Morgan fingerprint density at radius 3 is 2.80 bits per heavy atom. The molecular weight excluding hydrogens is 276 g/mol. The second-order valence-electron chi connectivity index (χ2n) is 4.87. The zero-order valence-corrected chi connectivity index (χ0v) is 12.4. The molecule has 0 aliphatic carbocycles. The van der Waals surface area contributed by atoms with Crippen molar-refractivity contribution < 1.29 is 14.7 Å². The van der Waals surface area contributed by atoms with Crippen molar-refractivity contribution in [3.63, 3.8) is 0 Å². The van der Waals surface area contributed by atoms with Crippen LogP contribution in [0.1, 0.15) is 10.4 Å². The van der Waals surface area contributed by atoms with Crippen LogP contribution in [0.5, 0.6) is 0 Å². The van der Waals surface area contributed by atoms with Gasteiger partial charge in [-0.2, -0.15) is 11.8 Å². The number of carbonyl (C=O) groups is 2. The van der Waals surface area contributed by atoms with Crippen molar-refractivity contribution in [2.24, 2.45) is 0 Å². The van der Waals surface area contributed by atoms with E-state index in [4.69, 9.17) is 0 Å². The number of thioether (sulfide) groups is 1. The Balaban J connectivity index is 2.25. The smallest absolute Gasteiger partial charge is 0.327 e. The fourth-order valence-electron chi connectivity index (χ4n) is 2.13. The molecule has 6 heteroatoms. The van der Waals surface area contributed by atoms with Gasteiger partial charge >= 0.3 is 5.97 Å². The highest BCUT2D eigenvalue weighted by Crippen LogP contribution is 2.21. The Bertz CT molecular complexity index is 519. The van der Waals surface area contributed by atoms with E-state index in [1.807, 2.05) is 31.1 Å². The van der Waals surface area contributed by atoms with Crippen molar-refractivity contribution >= 4 is 29.3 Å². The van der Waals surface area contributed by atoms with Gasteiger partial charge in [0, 0.05) is 43.4 Å². The van der Waals surface area contributed by atoms with Crippen LogP contribution in [0.2, 0.25) is 0 Å². The SMILES string of the molecule is CN(C)c1cccc(C(=O)N2CCSCC2C(=O)O)c1. The first kappa shape index (κ1) is 14.7. The summed E-state index contributed by atoms with van der Waals surface area (Å²) in [6.07, 6.45) is 0. The van der Waals surface area contributed by atoms with Crippen LogP contribution >= 0.6 is 11.8 Å². The van der Waals surface area contributed by atoms with Crippen molar-refractivity contribution in [3.8, 4) is 0 Å². The molecule has 0 spiro atoms. The Morgan fingerprint density at radius 1 is 1.40 bits per heavy atom. The van der Waals surface area contributed by atoms with Crippen LogP contribution in [0, 0.1) is 0 Å². The normalized spacial score (nSPS) is 18.7. The molecular formula is C14H18N2O3S. The number of benzene rings is 1. The number of anilines is 1. The Morgan fingerprint density at radius 2 is 2.15 bits per heavy atom. The highest BCUT2D eigenvalue weighted by atomic mass is 32.2. The molecule has 108 valence electrons. The highest BCUT2D eigenvalue weighted by Gasteiger charge is 2.32. The molecule has 0 radical (unpaired) electrons. The summed E-state index contributed by atoms with van der Waals surface area (Å²) in [5.74, 6) is 0.0906. The van der Waals surface area contributed by atoms with E-state index < -0.39 is 12.0 Å². The molecule has 1 N–H and O–H groups in total. The van der Waals surface area contributed by atoms with Gasteiger partial charge in [-0.05, 0) is 18.2 Å². The zero-order valence-electron chi connectivity index (χ0n) is 11.6. The summed E-state index contributed by atoms with van der Waals surface area (Å²) in [5, 5.41) is 9.23. The largest absolute Gasteiger partial charge is 0.480 e. The maximum atomic E-state index is 12.5. The monoisotopic (exact) mass is 294 g/mol. The summed E-state index contributed by atoms with van der Waals surface area (Å²) >= 11 is 1.57. The lowest BCUT2D eigenvalue weighted by atomic mass is 10.1. The van der Waals surface area contributed by atoms with Crippen molar-refractivity contribution in [2.75, 3.05) is 37.0 Å². The first-order valence-electron chi connectivity index (χ1n) is 6.39. The molecule has 1 aliphatic heterocycles. The van der Waals surface area contributed by atoms with Gasteiger partial charge in [-0.15, -0.1) is 0 Å². The number of rotatable bonds is 3. The van der Waals surface area contributed by atoms with E-state index in [2.05, 4.69) is 0 Å². The van der Waals surface area contributed by atoms with Crippen molar-refractivity contribution in [1.29, 1.82) is 0 Å². The van der Waals surface area contributed by atoms with E-state index in [-0.39, 0.29) is 5.91 Å². The molecule has 1 aromatic carbocycles. The van der Waals surface area contributed by atoms with Crippen molar-refractivity contribution in [1.82, 2.24) is 4.90 Å². The van der Waals surface area contributed by atoms with E-state index in [1.165, 1.54) is 4.90 Å². The first-order chi connectivity index (χ1) is 9.50. The molecule has 1 amide bonds. The maximum absolute atomic E-state index is 12.5. The summed E-state index contributed by atoms with van der Waals surface area (Å²) in [4.78, 5) is 27.2. The molecule has 1 saturated heterocycles. The molecule has 5 nitrogen and oxygen atoms in total. The molecule has 1 heterocycles. The van der Waals surface area contributed by atoms with E-state index in [0.29, 0.717) is 17.9 Å². The van der Waals surface area contributed by atoms with E-state index in [0.717, 1.165) is 11.4 Å². The van der Waals surface area contributed by atoms with Crippen LogP contribution in [-0.2, 0) is 4.79 Å². The minimum atomic E-state index is -0.936. The van der Waals surface area contributed by atoms with E-state index in [1.54, 1.807) is 23.9 Å². The highest BCUT2D eigenvalue weighted by molar-refractivity contribution is 7.99. The topological polar surface area (TPSA) is 60.9 Å². The van der Waals surface area contributed by atoms with Gasteiger partial charge in [0.05, 0.1) is 0 Å². The van der Waals surface area contributed by atoms with Crippen LogP contribution < -0.4 is 4.90 Å². The van der Waals surface area contributed by atoms with Crippen LogP contribution in [-0.4, -0.2) is 60.1 Å². The van der Waals surface area contributed by atoms with Gasteiger partial charge in [0.15, 0.2) is 0 Å². The molecule has 0 bridgehead atoms. The fourth-order valence-corrected chi connectivity index (χ4v) is 3.17. The second-order valence-corrected chi connectivity index (χ2v) is 6.02. The zero-order chi connectivity index (χ0) is 14.7. The third-order valence-corrected chi connectivity index (χ3v) is 4.31. The summed E-state index contributed by atoms with van der Waals surface area (Å²) in [7, 11) is 3.81. The minimum absolute atomic E-state index is 0.207. The number of carboxylic acids is 1. The summed E-state index contributed by atoms with van der Waals surface area (Å²) in [5.41, 5.74) is 1.46. The fraction of sp³-hybridized carbons (Fsp3) is 0.429. The number of carbonyl (C=O) groups excluding carboxylic acids is 1. The first-order valence-corrected chi connectivity index (χ1v) is 7.55. The van der Waals surface area contributed by atoms with Crippen molar-refractivity contribution in [3.05, 3.63) is 29.8 Å². The molecule has 1 fully saturated rings. The minimum Gasteiger partial charge on any atom is -0.480 e. The average Bonchev–Trinajstić information content (AvgIpc) is 2.46. The summed E-state index contributed by atoms with van der Waals surface area (Å²) in [6, 6.07) is 6.53. The lowest BCUT2D eigenvalue weighted by Crippen LogP contribution is -2.50. The molecule has 0 aromatic heterocycles. The Hall–Kier alpha value is -1.69. The van der Waals surface area contributed by atoms with Crippen LogP contribution in [0.3, 0.4) is 0 Å². The molecule has 1 aromatic rings. The molecule has 0 saturated carbocycles. The van der Waals surface area contributed by atoms with E-state index >= 15 is 0 Å². The van der Waals surface area contributed by atoms with E-state index in [9.17, 15) is 14.7 Å². The Kier molecular flexibility index (Phi) is 4.54. The number of amides is 1. The maximum Gasteiger partial charge on any atom is 0.327 e. The van der Waals surface area contributed by atoms with Crippen molar-refractivity contribution in [2.45, 2.75) is 6.04 Å². The lowest BCUT2D eigenvalue weighted by Gasteiger charge is -2.32. The number of nitrogens with zero attached hydrogens (tertiary/aromatic N) is 2. The standard InChI is InChI=1S/C14H18N2O3S/c1-15(2)11-5-3-4-10(8-11)13(17)16-6-7-20-9-12(16)14(18)19/h3-5,8,12H,6-7,9H2,1-2H3,(H,18,19). The van der Waals surface area contributed by atoms with Gasteiger partial charge in [0.25, 0.3) is 5.91 Å². The molecule has 1 atom stereocenters. The second kappa shape index (κ2) is 6.17. The molecule has 2 rings (SSSR count). The Labute approximate surface area is 122 Å². The number of carboxylic acid groups (broad SMARTS) is 1. The average molecular weight is 294 g/mol. The quantitative estimate of drug-likeness (QED) is 0.913.